The molecule has 0 aromatic carbocycles. The molecule has 36 heavy (non-hydrogen) atoms. The van der Waals surface area contributed by atoms with Gasteiger partial charge in [-0.05, 0) is 13.3 Å². The summed E-state index contributed by atoms with van der Waals surface area (Å²) in [6.07, 6.45) is 18.3. The van der Waals surface area contributed by atoms with Crippen molar-refractivity contribution in [1.29, 1.82) is 0 Å². The van der Waals surface area contributed by atoms with E-state index >= 15 is 0 Å². The summed E-state index contributed by atoms with van der Waals surface area (Å²) in [4.78, 5) is 23.8. The predicted molar refractivity (Wildman–Crippen MR) is 146 cm³/mol. The molecule has 0 saturated heterocycles. The van der Waals surface area contributed by atoms with Crippen LogP contribution in [0.15, 0.2) is 0 Å². The second-order valence-corrected chi connectivity index (χ2v) is 12.4. The molecule has 2 unspecified atom stereocenters. The smallest absolute Gasteiger partial charge is 0.407 e. The average Bonchev–Trinajstić information content (AvgIpc) is 2.79. The van der Waals surface area contributed by atoms with Gasteiger partial charge in [0.1, 0.15) is 13.2 Å². The minimum atomic E-state index is -4.38. The number of hydrogen-bond acceptors (Lipinski definition) is 6. The van der Waals surface area contributed by atoms with Gasteiger partial charge in [0.15, 0.2) is 0 Å². The number of nitrogens with zero attached hydrogens (tertiary/aromatic N) is 1. The maximum atomic E-state index is 12.1. The van der Waals surface area contributed by atoms with E-state index in [0.29, 0.717) is 17.6 Å². The van der Waals surface area contributed by atoms with Crippen molar-refractivity contribution < 1.29 is 32.5 Å². The van der Waals surface area contributed by atoms with Crippen LogP contribution in [0.1, 0.15) is 110 Å². The number of quaternary nitrogens is 1. The fourth-order valence-corrected chi connectivity index (χ4v) is 4.66. The molecule has 0 saturated carbocycles. The van der Waals surface area contributed by atoms with Gasteiger partial charge in [-0.2, -0.15) is 0 Å². The number of rotatable bonds is 25. The van der Waals surface area contributed by atoms with Crippen LogP contribution in [0, 0.1) is 5.92 Å². The highest BCUT2D eigenvalue weighted by Crippen LogP contribution is 2.39. The maximum Gasteiger partial charge on any atom is 0.407 e. The van der Waals surface area contributed by atoms with Crippen molar-refractivity contribution in [3.63, 3.8) is 0 Å². The fraction of sp³-hybridized carbons (Fsp3) is 0.963. The summed E-state index contributed by atoms with van der Waals surface area (Å²) in [5, 5.41) is 2.59. The molecule has 1 N–H and O–H groups in total. The molecule has 0 aromatic heterocycles. The van der Waals surface area contributed by atoms with Crippen molar-refractivity contribution in [2.45, 2.75) is 110 Å². The van der Waals surface area contributed by atoms with Crippen LogP contribution in [-0.2, 0) is 18.3 Å². The van der Waals surface area contributed by atoms with Crippen LogP contribution in [-0.4, -0.2) is 64.6 Å². The minimum Gasteiger partial charge on any atom is -0.756 e. The maximum absolute atomic E-state index is 12.1. The molecule has 0 spiro atoms. The van der Waals surface area contributed by atoms with Gasteiger partial charge < -0.3 is 28.5 Å². The first-order valence-electron chi connectivity index (χ1n) is 14.4. The summed E-state index contributed by atoms with van der Waals surface area (Å²) in [5.41, 5.74) is 0. The van der Waals surface area contributed by atoms with E-state index in [2.05, 4.69) is 12.2 Å². The highest BCUT2D eigenvalue weighted by atomic mass is 31.2. The van der Waals surface area contributed by atoms with Crippen LogP contribution in [0.2, 0.25) is 0 Å². The second kappa shape index (κ2) is 22.3. The van der Waals surface area contributed by atoms with E-state index in [4.69, 9.17) is 13.8 Å². The fourth-order valence-electron chi connectivity index (χ4n) is 3.89. The van der Waals surface area contributed by atoms with E-state index in [1.807, 2.05) is 28.1 Å². The van der Waals surface area contributed by atoms with Gasteiger partial charge in [-0.25, -0.2) is 4.79 Å². The number of unbranched alkanes of at least 4 members (excludes halogenated alkanes) is 13. The summed E-state index contributed by atoms with van der Waals surface area (Å²) in [5.74, 6) is -0.186. The molecule has 0 heterocycles. The third kappa shape index (κ3) is 25.0. The minimum absolute atomic E-state index is 0.0387. The molecular formula is C27H57N2O6P. The number of likely N-dealkylation sites (N-methyl/N-ethyl adjacent to an activating group) is 1. The van der Waals surface area contributed by atoms with Crippen molar-refractivity contribution in [1.82, 2.24) is 5.32 Å². The lowest BCUT2D eigenvalue weighted by Crippen LogP contribution is -2.37. The van der Waals surface area contributed by atoms with E-state index in [1.54, 1.807) is 0 Å². The number of carbonyl (C=O) groups excluding carboxylic acids is 1. The molecule has 0 aliphatic rings. The van der Waals surface area contributed by atoms with Gasteiger partial charge in [0.05, 0.1) is 34.4 Å². The van der Waals surface area contributed by atoms with Gasteiger partial charge >= 0.3 is 6.09 Å². The summed E-state index contributed by atoms with van der Waals surface area (Å²) >= 11 is 0. The highest BCUT2D eigenvalue weighted by Gasteiger charge is 2.18. The van der Waals surface area contributed by atoms with Crippen LogP contribution in [0.25, 0.3) is 0 Å². The van der Waals surface area contributed by atoms with Crippen molar-refractivity contribution in [2.75, 3.05) is 54.1 Å². The zero-order chi connectivity index (χ0) is 27.1. The Morgan fingerprint density at radius 1 is 0.806 bits per heavy atom. The van der Waals surface area contributed by atoms with Gasteiger partial charge in [-0.3, -0.25) is 4.57 Å². The van der Waals surface area contributed by atoms with Crippen molar-refractivity contribution in [3.05, 3.63) is 0 Å². The molecule has 216 valence electrons. The average molecular weight is 537 g/mol. The van der Waals surface area contributed by atoms with Crippen LogP contribution < -0.4 is 10.2 Å². The van der Waals surface area contributed by atoms with Crippen molar-refractivity contribution >= 4 is 13.9 Å². The number of alkyl carbamates (subject to hydrolysis) is 1. The Balaban J connectivity index is 4.10. The van der Waals surface area contributed by atoms with Crippen LogP contribution in [0.4, 0.5) is 4.79 Å². The number of hydrogen-bond donors (Lipinski definition) is 1. The highest BCUT2D eigenvalue weighted by molar-refractivity contribution is 7.45. The zero-order valence-electron chi connectivity index (χ0n) is 24.1. The standard InChI is InChI=1S/C27H57N2O6P/c1-6-8-9-10-11-12-13-14-15-16-17-18-19-20-21-26(24-33-27(30)28-7-2)25-35-36(31,32)34-23-22-29(3,4)5/h26H,6-25H2,1-5H3,(H-,28,30,31,32). The normalized spacial score (nSPS) is 14.4. The van der Waals surface area contributed by atoms with Crippen LogP contribution in [0.5, 0.6) is 0 Å². The zero-order valence-corrected chi connectivity index (χ0v) is 25.0. The summed E-state index contributed by atoms with van der Waals surface area (Å²) in [6, 6.07) is 0. The Hall–Kier alpha value is -0.660. The van der Waals surface area contributed by atoms with E-state index < -0.39 is 13.9 Å². The monoisotopic (exact) mass is 536 g/mol. The number of amides is 1. The van der Waals surface area contributed by atoms with Gasteiger partial charge in [0.2, 0.25) is 0 Å². The molecule has 0 rings (SSSR count). The van der Waals surface area contributed by atoms with E-state index in [9.17, 15) is 14.3 Å². The number of phosphoric ester groups is 1. The third-order valence-electron chi connectivity index (χ3n) is 6.22. The Kier molecular flexibility index (Phi) is 21.9. The number of nitrogens with one attached hydrogen (secondary N) is 1. The van der Waals surface area contributed by atoms with E-state index in [1.165, 1.54) is 77.0 Å². The van der Waals surface area contributed by atoms with Gasteiger partial charge in [0, 0.05) is 12.5 Å². The molecule has 9 heteroatoms. The molecule has 0 aliphatic heterocycles. The molecule has 8 nitrogen and oxygen atoms in total. The first kappa shape index (κ1) is 35.3. The number of phosphoric acid groups is 1. The molecule has 2 atom stereocenters. The Labute approximate surface area is 222 Å². The largest absolute Gasteiger partial charge is 0.756 e. The summed E-state index contributed by atoms with van der Waals surface area (Å²) in [6.45, 7) is 5.27. The molecular weight excluding hydrogens is 479 g/mol. The first-order valence-corrected chi connectivity index (χ1v) is 15.9. The van der Waals surface area contributed by atoms with Gasteiger partial charge in [-0.1, -0.05) is 96.8 Å². The molecule has 0 aromatic rings. The lowest BCUT2D eigenvalue weighted by molar-refractivity contribution is -0.870. The third-order valence-corrected chi connectivity index (χ3v) is 7.18. The predicted octanol–water partition coefficient (Wildman–Crippen LogP) is 6.43. The van der Waals surface area contributed by atoms with Crippen molar-refractivity contribution in [2.24, 2.45) is 5.92 Å². The van der Waals surface area contributed by atoms with Crippen LogP contribution in [0.3, 0.4) is 0 Å². The van der Waals surface area contributed by atoms with Gasteiger partial charge in [-0.15, -0.1) is 0 Å². The summed E-state index contributed by atoms with van der Waals surface area (Å²) < 4.78 is 28.1. The van der Waals surface area contributed by atoms with Gasteiger partial charge in [0.25, 0.3) is 7.82 Å². The first-order chi connectivity index (χ1) is 17.1. The Morgan fingerprint density at radius 2 is 1.31 bits per heavy atom. The van der Waals surface area contributed by atoms with E-state index in [-0.39, 0.29) is 25.7 Å². The second-order valence-electron chi connectivity index (χ2n) is 11.0. The SMILES string of the molecule is CCCCCCCCCCCCCCCCC(COC(=O)NCC)COP(=O)([O-])OCC[N+](C)(C)C. The quantitative estimate of drug-likeness (QED) is 0.0821. The van der Waals surface area contributed by atoms with Crippen LogP contribution >= 0.6 is 7.82 Å². The molecule has 0 fully saturated rings. The molecule has 0 aliphatic carbocycles. The van der Waals surface area contributed by atoms with E-state index in [0.717, 1.165) is 19.3 Å². The molecule has 0 radical (unpaired) electrons. The Morgan fingerprint density at radius 3 is 1.78 bits per heavy atom. The topological polar surface area (TPSA) is 96.9 Å². The lowest BCUT2D eigenvalue weighted by Gasteiger charge is -2.28. The molecule has 1 amide bonds. The van der Waals surface area contributed by atoms with Crippen molar-refractivity contribution in [3.8, 4) is 0 Å². The number of carbonyl (C=O) groups is 1. The lowest BCUT2D eigenvalue weighted by atomic mass is 10.0. The Bertz CT molecular complexity index is 571. The summed E-state index contributed by atoms with van der Waals surface area (Å²) in [7, 11) is 1.51. The number of ether oxygens (including phenoxy) is 1. The molecule has 0 bridgehead atoms.